The topological polar surface area (TPSA) is 35.2 Å². The number of aryl methyl sites for hydroxylation is 2. The lowest BCUT2D eigenvalue weighted by molar-refractivity contribution is -0.0818. The quantitative estimate of drug-likeness (QED) is 0.836. The summed E-state index contributed by atoms with van der Waals surface area (Å²) in [6, 6.07) is 6.45. The highest BCUT2D eigenvalue weighted by Gasteiger charge is 2.34. The first-order valence-electron chi connectivity index (χ1n) is 8.49. The molecule has 21 heavy (non-hydrogen) atoms. The van der Waals surface area contributed by atoms with Crippen LogP contribution in [-0.4, -0.2) is 12.1 Å². The van der Waals surface area contributed by atoms with Crippen molar-refractivity contribution in [2.45, 2.75) is 71.5 Å². The SMILES string of the molecule is CCCC1CCC(CN)(OCc2c(C)cccc2C)CC1. The fraction of sp³-hybridized carbons (Fsp3) is 0.684. The van der Waals surface area contributed by atoms with Crippen LogP contribution >= 0.6 is 0 Å². The van der Waals surface area contributed by atoms with Crippen LogP contribution < -0.4 is 5.73 Å². The van der Waals surface area contributed by atoms with Crippen LogP contribution in [0.2, 0.25) is 0 Å². The lowest BCUT2D eigenvalue weighted by atomic mass is 9.77. The molecule has 0 aliphatic heterocycles. The molecule has 0 unspecified atom stereocenters. The average molecular weight is 289 g/mol. The lowest BCUT2D eigenvalue weighted by Gasteiger charge is -2.39. The van der Waals surface area contributed by atoms with E-state index >= 15 is 0 Å². The third-order valence-corrected chi connectivity index (χ3v) is 5.25. The largest absolute Gasteiger partial charge is 0.369 e. The van der Waals surface area contributed by atoms with Crippen LogP contribution in [-0.2, 0) is 11.3 Å². The van der Waals surface area contributed by atoms with Crippen molar-refractivity contribution in [2.75, 3.05) is 6.54 Å². The molecule has 0 amide bonds. The Morgan fingerprint density at radius 3 is 2.33 bits per heavy atom. The summed E-state index contributed by atoms with van der Waals surface area (Å²) < 4.78 is 6.37. The van der Waals surface area contributed by atoms with Gasteiger partial charge in [0.1, 0.15) is 0 Å². The molecule has 1 saturated carbocycles. The molecule has 0 radical (unpaired) electrons. The highest BCUT2D eigenvalue weighted by atomic mass is 16.5. The zero-order valence-electron chi connectivity index (χ0n) is 14.0. The molecule has 2 rings (SSSR count). The number of nitrogens with two attached hydrogens (primary N) is 1. The first-order chi connectivity index (χ1) is 10.1. The molecule has 2 N–H and O–H groups in total. The van der Waals surface area contributed by atoms with Crippen molar-refractivity contribution >= 4 is 0 Å². The van der Waals surface area contributed by atoms with Gasteiger partial charge in [-0.25, -0.2) is 0 Å². The monoisotopic (exact) mass is 289 g/mol. The summed E-state index contributed by atoms with van der Waals surface area (Å²) in [5.41, 5.74) is 9.97. The Kier molecular flexibility index (Phi) is 5.83. The molecule has 0 heterocycles. The maximum absolute atomic E-state index is 6.37. The number of benzene rings is 1. The van der Waals surface area contributed by atoms with E-state index in [1.165, 1.54) is 42.4 Å². The van der Waals surface area contributed by atoms with Gasteiger partial charge in [-0.15, -0.1) is 0 Å². The second kappa shape index (κ2) is 7.42. The zero-order valence-corrected chi connectivity index (χ0v) is 14.0. The van der Waals surface area contributed by atoms with Crippen LogP contribution in [0.25, 0.3) is 0 Å². The Morgan fingerprint density at radius 1 is 1.19 bits per heavy atom. The number of ether oxygens (including phenoxy) is 1. The molecular formula is C19H31NO. The predicted octanol–water partition coefficient (Wildman–Crippen LogP) is 4.51. The predicted molar refractivity (Wildman–Crippen MR) is 89.4 cm³/mol. The van der Waals surface area contributed by atoms with Gasteiger partial charge in [-0.05, 0) is 62.1 Å². The Hall–Kier alpha value is -0.860. The van der Waals surface area contributed by atoms with Gasteiger partial charge >= 0.3 is 0 Å². The zero-order chi connectivity index (χ0) is 15.3. The Bertz CT molecular complexity index is 427. The molecule has 0 bridgehead atoms. The van der Waals surface area contributed by atoms with E-state index in [9.17, 15) is 0 Å². The molecule has 118 valence electrons. The summed E-state index contributed by atoms with van der Waals surface area (Å²) in [4.78, 5) is 0. The van der Waals surface area contributed by atoms with E-state index in [0.29, 0.717) is 13.2 Å². The molecule has 0 spiro atoms. The van der Waals surface area contributed by atoms with E-state index in [2.05, 4.69) is 39.0 Å². The minimum absolute atomic E-state index is 0.0844. The second-order valence-electron chi connectivity index (χ2n) is 6.78. The van der Waals surface area contributed by atoms with Crippen molar-refractivity contribution < 1.29 is 4.74 Å². The molecule has 1 aliphatic carbocycles. The summed E-state index contributed by atoms with van der Waals surface area (Å²) in [7, 11) is 0. The van der Waals surface area contributed by atoms with E-state index in [4.69, 9.17) is 10.5 Å². The summed E-state index contributed by atoms with van der Waals surface area (Å²) in [6.07, 6.45) is 7.45. The van der Waals surface area contributed by atoms with Gasteiger partial charge in [0.2, 0.25) is 0 Å². The third kappa shape index (κ3) is 4.08. The van der Waals surface area contributed by atoms with Crippen molar-refractivity contribution in [3.8, 4) is 0 Å². The average Bonchev–Trinajstić information content (AvgIpc) is 2.49. The third-order valence-electron chi connectivity index (χ3n) is 5.25. The molecule has 1 aromatic rings. The van der Waals surface area contributed by atoms with Crippen LogP contribution in [0, 0.1) is 19.8 Å². The minimum atomic E-state index is -0.0844. The molecule has 1 aromatic carbocycles. The van der Waals surface area contributed by atoms with Crippen molar-refractivity contribution in [1.29, 1.82) is 0 Å². The summed E-state index contributed by atoms with van der Waals surface area (Å²) >= 11 is 0. The normalized spacial score (nSPS) is 26.0. The van der Waals surface area contributed by atoms with Gasteiger partial charge in [0, 0.05) is 6.54 Å². The molecule has 0 saturated heterocycles. The highest BCUT2D eigenvalue weighted by Crippen LogP contribution is 2.37. The number of rotatable bonds is 6. The Labute approximate surface area is 130 Å². The van der Waals surface area contributed by atoms with Crippen molar-refractivity contribution in [3.63, 3.8) is 0 Å². The molecule has 1 aliphatic rings. The van der Waals surface area contributed by atoms with Gasteiger partial charge in [-0.1, -0.05) is 38.0 Å². The van der Waals surface area contributed by atoms with Crippen molar-refractivity contribution in [1.82, 2.24) is 0 Å². The standard InChI is InChI=1S/C19H31NO/c1-4-6-17-9-11-19(14-20,12-10-17)21-13-18-15(2)7-5-8-16(18)3/h5,7-8,17H,4,6,9-14,20H2,1-3H3. The number of hydrogen-bond acceptors (Lipinski definition) is 2. The molecule has 0 atom stereocenters. The van der Waals surface area contributed by atoms with E-state index in [1.54, 1.807) is 0 Å². The fourth-order valence-electron chi connectivity index (χ4n) is 3.61. The van der Waals surface area contributed by atoms with Crippen LogP contribution in [0.1, 0.15) is 62.1 Å². The molecule has 1 fully saturated rings. The molecule has 2 nitrogen and oxygen atoms in total. The van der Waals surface area contributed by atoms with Crippen molar-refractivity contribution in [2.24, 2.45) is 11.7 Å². The molecular weight excluding hydrogens is 258 g/mol. The van der Waals surface area contributed by atoms with Gasteiger partial charge < -0.3 is 10.5 Å². The highest BCUT2D eigenvalue weighted by molar-refractivity contribution is 5.32. The maximum Gasteiger partial charge on any atom is 0.0808 e. The van der Waals surface area contributed by atoms with Gasteiger partial charge in [0.05, 0.1) is 12.2 Å². The second-order valence-corrected chi connectivity index (χ2v) is 6.78. The first-order valence-corrected chi connectivity index (χ1v) is 8.49. The minimum Gasteiger partial charge on any atom is -0.369 e. The van der Waals surface area contributed by atoms with E-state index < -0.39 is 0 Å². The summed E-state index contributed by atoms with van der Waals surface area (Å²) in [5, 5.41) is 0. The summed E-state index contributed by atoms with van der Waals surface area (Å²) in [5.74, 6) is 0.887. The number of hydrogen-bond donors (Lipinski definition) is 1. The van der Waals surface area contributed by atoms with Gasteiger partial charge in [-0.2, -0.15) is 0 Å². The Balaban J connectivity index is 1.97. The van der Waals surface area contributed by atoms with Crippen LogP contribution in [0.4, 0.5) is 0 Å². The first kappa shape index (κ1) is 16.5. The maximum atomic E-state index is 6.37. The van der Waals surface area contributed by atoms with Gasteiger partial charge in [-0.3, -0.25) is 0 Å². The van der Waals surface area contributed by atoms with E-state index in [0.717, 1.165) is 18.8 Å². The van der Waals surface area contributed by atoms with Crippen LogP contribution in [0.5, 0.6) is 0 Å². The van der Waals surface area contributed by atoms with E-state index in [1.807, 2.05) is 0 Å². The van der Waals surface area contributed by atoms with Crippen LogP contribution in [0.3, 0.4) is 0 Å². The fourth-order valence-corrected chi connectivity index (χ4v) is 3.61. The van der Waals surface area contributed by atoms with Crippen LogP contribution in [0.15, 0.2) is 18.2 Å². The molecule has 2 heteroatoms. The summed E-state index contributed by atoms with van der Waals surface area (Å²) in [6.45, 7) is 7.96. The van der Waals surface area contributed by atoms with E-state index in [-0.39, 0.29) is 5.60 Å². The van der Waals surface area contributed by atoms with Gasteiger partial charge in [0.15, 0.2) is 0 Å². The lowest BCUT2D eigenvalue weighted by Crippen LogP contribution is -2.44. The Morgan fingerprint density at radius 2 is 1.81 bits per heavy atom. The van der Waals surface area contributed by atoms with Crippen molar-refractivity contribution in [3.05, 3.63) is 34.9 Å². The molecule has 0 aromatic heterocycles. The smallest absolute Gasteiger partial charge is 0.0808 e. The van der Waals surface area contributed by atoms with Gasteiger partial charge in [0.25, 0.3) is 0 Å².